The van der Waals surface area contributed by atoms with Crippen LogP contribution in [0.1, 0.15) is 31.0 Å². The fourth-order valence-electron chi connectivity index (χ4n) is 3.35. The first-order chi connectivity index (χ1) is 14.6. The number of anilines is 1. The van der Waals surface area contributed by atoms with Crippen LogP contribution in [0.4, 0.5) is 5.95 Å². The van der Waals surface area contributed by atoms with Crippen LogP contribution < -0.4 is 10.1 Å². The smallest absolute Gasteiger partial charge is 0.338 e. The Hall–Kier alpha value is -3.39. The first-order valence-corrected chi connectivity index (χ1v) is 9.85. The minimum atomic E-state index is -0.586. The number of ether oxygens (including phenoxy) is 2. The Morgan fingerprint density at radius 3 is 2.73 bits per heavy atom. The minimum absolute atomic E-state index is 0.263. The zero-order valence-corrected chi connectivity index (χ0v) is 17.3. The highest BCUT2D eigenvalue weighted by atomic mass is 35.5. The zero-order chi connectivity index (χ0) is 21.1. The van der Waals surface area contributed by atoms with Crippen molar-refractivity contribution in [3.05, 3.63) is 76.0 Å². The van der Waals surface area contributed by atoms with Crippen molar-refractivity contribution in [2.24, 2.45) is 0 Å². The second kappa shape index (κ2) is 8.54. The van der Waals surface area contributed by atoms with Crippen LogP contribution in [0.15, 0.2) is 59.8 Å². The van der Waals surface area contributed by atoms with Crippen LogP contribution in [0.5, 0.6) is 5.75 Å². The molecule has 1 aliphatic heterocycles. The number of carbonyl (C=O) groups is 1. The summed E-state index contributed by atoms with van der Waals surface area (Å²) in [6.07, 6.45) is 0. The molecule has 8 nitrogen and oxygen atoms in total. The summed E-state index contributed by atoms with van der Waals surface area (Å²) in [6.45, 7) is 4.18. The summed E-state index contributed by atoms with van der Waals surface area (Å²) in [5.74, 6) is 0.634. The van der Waals surface area contributed by atoms with Gasteiger partial charge in [0.15, 0.2) is 0 Å². The predicted octanol–water partition coefficient (Wildman–Crippen LogP) is 3.76. The maximum absolute atomic E-state index is 12.8. The van der Waals surface area contributed by atoms with Crippen LogP contribution in [0, 0.1) is 0 Å². The van der Waals surface area contributed by atoms with Gasteiger partial charge in [-0.05, 0) is 48.0 Å². The second-order valence-corrected chi connectivity index (χ2v) is 7.12. The van der Waals surface area contributed by atoms with E-state index in [9.17, 15) is 4.79 Å². The molecular formula is C21H20ClN5O3. The van der Waals surface area contributed by atoms with Gasteiger partial charge >= 0.3 is 5.97 Å². The Labute approximate surface area is 178 Å². The highest BCUT2D eigenvalue weighted by molar-refractivity contribution is 6.30. The van der Waals surface area contributed by atoms with Crippen molar-refractivity contribution in [2.75, 3.05) is 11.9 Å². The van der Waals surface area contributed by atoms with E-state index in [4.69, 9.17) is 21.1 Å². The van der Waals surface area contributed by atoms with Gasteiger partial charge in [0, 0.05) is 16.3 Å². The van der Waals surface area contributed by atoms with Crippen molar-refractivity contribution in [3.63, 3.8) is 0 Å². The fourth-order valence-corrected chi connectivity index (χ4v) is 3.48. The SMILES string of the molecule is CCOC(=O)C1=C(C)Nc2nnnn2C1c1ccccc1OCc1ccc(Cl)cc1. The molecule has 0 spiro atoms. The monoisotopic (exact) mass is 425 g/mol. The van der Waals surface area contributed by atoms with Gasteiger partial charge in [0.05, 0.1) is 12.2 Å². The van der Waals surface area contributed by atoms with Gasteiger partial charge in [-0.3, -0.25) is 0 Å². The largest absolute Gasteiger partial charge is 0.489 e. The maximum Gasteiger partial charge on any atom is 0.338 e. The molecule has 0 amide bonds. The number of benzene rings is 2. The molecule has 30 heavy (non-hydrogen) atoms. The van der Waals surface area contributed by atoms with Crippen molar-refractivity contribution < 1.29 is 14.3 Å². The number of allylic oxidation sites excluding steroid dienone is 1. The standard InChI is InChI=1S/C21H20ClN5O3/c1-3-29-20(28)18-13(2)23-21-24-25-26-27(21)19(18)16-6-4-5-7-17(16)30-12-14-8-10-15(22)11-9-14/h4-11,19H,3,12H2,1-2H3,(H,23,24,26). The lowest BCUT2D eigenvalue weighted by Crippen LogP contribution is -2.30. The van der Waals surface area contributed by atoms with Gasteiger partial charge in [-0.2, -0.15) is 4.68 Å². The molecule has 3 aromatic rings. The number of esters is 1. The van der Waals surface area contributed by atoms with E-state index < -0.39 is 12.0 Å². The first kappa shape index (κ1) is 19.9. The topological polar surface area (TPSA) is 91.2 Å². The van der Waals surface area contributed by atoms with Crippen molar-refractivity contribution in [1.82, 2.24) is 20.2 Å². The summed E-state index contributed by atoms with van der Waals surface area (Å²) in [5, 5.41) is 15.6. The lowest BCUT2D eigenvalue weighted by Gasteiger charge is -2.28. The molecule has 1 atom stereocenters. The van der Waals surface area contributed by atoms with Gasteiger partial charge in [0.1, 0.15) is 18.4 Å². The number of nitrogens with one attached hydrogen (secondary N) is 1. The molecule has 0 fully saturated rings. The Morgan fingerprint density at radius 1 is 1.20 bits per heavy atom. The van der Waals surface area contributed by atoms with Gasteiger partial charge in [0.2, 0.25) is 5.95 Å². The molecule has 0 aliphatic carbocycles. The molecule has 9 heteroatoms. The van der Waals surface area contributed by atoms with E-state index in [1.807, 2.05) is 48.5 Å². The van der Waals surface area contributed by atoms with Gasteiger partial charge < -0.3 is 14.8 Å². The number of hydrogen-bond donors (Lipinski definition) is 1. The summed E-state index contributed by atoms with van der Waals surface area (Å²) < 4.78 is 13.0. The first-order valence-electron chi connectivity index (χ1n) is 9.47. The molecular weight excluding hydrogens is 406 g/mol. The highest BCUT2D eigenvalue weighted by Crippen LogP contribution is 2.39. The molecule has 0 bridgehead atoms. The quantitative estimate of drug-likeness (QED) is 0.601. The Morgan fingerprint density at radius 2 is 1.97 bits per heavy atom. The average Bonchev–Trinajstić information content (AvgIpc) is 3.21. The third-order valence-corrected chi connectivity index (χ3v) is 4.98. The minimum Gasteiger partial charge on any atom is -0.489 e. The van der Waals surface area contributed by atoms with Crippen LogP contribution in [-0.2, 0) is 16.1 Å². The van der Waals surface area contributed by atoms with E-state index >= 15 is 0 Å². The van der Waals surface area contributed by atoms with Crippen LogP contribution in [-0.4, -0.2) is 32.8 Å². The number of para-hydroxylation sites is 1. The summed E-state index contributed by atoms with van der Waals surface area (Å²) >= 11 is 5.96. The predicted molar refractivity (Wildman–Crippen MR) is 111 cm³/mol. The molecule has 154 valence electrons. The van der Waals surface area contributed by atoms with Crippen molar-refractivity contribution in [1.29, 1.82) is 0 Å². The van der Waals surface area contributed by atoms with Gasteiger partial charge in [-0.25, -0.2) is 4.79 Å². The summed E-state index contributed by atoms with van der Waals surface area (Å²) in [4.78, 5) is 12.8. The third-order valence-electron chi connectivity index (χ3n) is 4.73. The zero-order valence-electron chi connectivity index (χ0n) is 16.5. The molecule has 1 N–H and O–H groups in total. The summed E-state index contributed by atoms with van der Waals surface area (Å²) in [5.41, 5.74) is 2.79. The van der Waals surface area contributed by atoms with Crippen LogP contribution in [0.25, 0.3) is 0 Å². The number of rotatable bonds is 6. The van der Waals surface area contributed by atoms with Crippen molar-refractivity contribution in [2.45, 2.75) is 26.5 Å². The fraction of sp³-hybridized carbons (Fsp3) is 0.238. The molecule has 0 saturated carbocycles. The van der Waals surface area contributed by atoms with Gasteiger partial charge in [0.25, 0.3) is 0 Å². The Bertz CT molecular complexity index is 1090. The number of nitrogens with zero attached hydrogens (tertiary/aromatic N) is 4. The van der Waals surface area contributed by atoms with E-state index in [1.165, 1.54) is 0 Å². The Balaban J connectivity index is 1.72. The van der Waals surface area contributed by atoms with E-state index in [1.54, 1.807) is 18.5 Å². The molecule has 0 radical (unpaired) electrons. The number of hydrogen-bond acceptors (Lipinski definition) is 7. The van der Waals surface area contributed by atoms with Crippen LogP contribution >= 0.6 is 11.6 Å². The maximum atomic E-state index is 12.8. The molecule has 4 rings (SSSR count). The number of aromatic nitrogens is 4. The van der Waals surface area contributed by atoms with Crippen molar-refractivity contribution >= 4 is 23.5 Å². The molecule has 1 unspecified atom stereocenters. The van der Waals surface area contributed by atoms with E-state index in [2.05, 4.69) is 20.8 Å². The summed E-state index contributed by atoms with van der Waals surface area (Å²) in [6, 6.07) is 14.4. The highest BCUT2D eigenvalue weighted by Gasteiger charge is 2.36. The molecule has 0 saturated heterocycles. The van der Waals surface area contributed by atoms with Crippen LogP contribution in [0.2, 0.25) is 5.02 Å². The van der Waals surface area contributed by atoms with Crippen molar-refractivity contribution in [3.8, 4) is 5.75 Å². The van der Waals surface area contributed by atoms with Gasteiger partial charge in [-0.1, -0.05) is 47.0 Å². The lowest BCUT2D eigenvalue weighted by molar-refractivity contribution is -0.139. The molecule has 2 aromatic carbocycles. The summed E-state index contributed by atoms with van der Waals surface area (Å²) in [7, 11) is 0. The second-order valence-electron chi connectivity index (χ2n) is 6.69. The number of halogens is 1. The average molecular weight is 426 g/mol. The molecule has 2 heterocycles. The number of tetrazole rings is 1. The number of carbonyl (C=O) groups excluding carboxylic acids is 1. The third kappa shape index (κ3) is 3.86. The number of fused-ring (bicyclic) bond motifs is 1. The van der Waals surface area contributed by atoms with E-state index in [-0.39, 0.29) is 6.61 Å². The van der Waals surface area contributed by atoms with E-state index in [0.29, 0.717) is 34.6 Å². The Kier molecular flexibility index (Phi) is 5.67. The van der Waals surface area contributed by atoms with Gasteiger partial charge in [-0.15, -0.1) is 0 Å². The lowest BCUT2D eigenvalue weighted by atomic mass is 9.95. The normalized spacial score (nSPS) is 15.4. The molecule has 1 aromatic heterocycles. The molecule has 1 aliphatic rings. The van der Waals surface area contributed by atoms with E-state index in [0.717, 1.165) is 11.1 Å². The van der Waals surface area contributed by atoms with Crippen LogP contribution in [0.3, 0.4) is 0 Å².